The molecule has 0 spiro atoms. The van der Waals surface area contributed by atoms with Crippen LogP contribution in [0.1, 0.15) is 25.7 Å². The van der Waals surface area contributed by atoms with Crippen molar-refractivity contribution in [1.82, 2.24) is 25.6 Å². The number of pyridine rings is 1. The Morgan fingerprint density at radius 3 is 3.06 bits per heavy atom. The number of nitrogens with one attached hydrogen (secondary N) is 2. The third kappa shape index (κ3) is 2.90. The Balaban J connectivity index is 2.05. The van der Waals surface area contributed by atoms with Crippen LogP contribution in [-0.4, -0.2) is 32.2 Å². The van der Waals surface area contributed by atoms with E-state index in [1.165, 1.54) is 0 Å². The van der Waals surface area contributed by atoms with Crippen LogP contribution in [0.4, 0.5) is 5.82 Å². The summed E-state index contributed by atoms with van der Waals surface area (Å²) in [6.45, 7) is 4.44. The molecular weight excluding hydrogens is 220 g/mol. The highest BCUT2D eigenvalue weighted by Gasteiger charge is 2.10. The summed E-state index contributed by atoms with van der Waals surface area (Å²) in [5, 5.41) is 16.9. The van der Waals surface area contributed by atoms with Gasteiger partial charge < -0.3 is 10.1 Å². The number of aromatic amines is 1. The molecule has 0 aliphatic heterocycles. The molecule has 1 atom stereocenters. The zero-order chi connectivity index (χ0) is 12.1. The minimum atomic E-state index is -0.0712. The molecule has 0 bridgehead atoms. The van der Waals surface area contributed by atoms with E-state index in [4.69, 9.17) is 4.74 Å². The molecule has 0 fully saturated rings. The fourth-order valence-corrected chi connectivity index (χ4v) is 1.36. The van der Waals surface area contributed by atoms with Crippen LogP contribution in [0, 0.1) is 0 Å². The van der Waals surface area contributed by atoms with Crippen molar-refractivity contribution in [1.29, 1.82) is 0 Å². The lowest BCUT2D eigenvalue weighted by molar-refractivity contribution is 0.327. The van der Waals surface area contributed by atoms with Crippen molar-refractivity contribution in [2.24, 2.45) is 0 Å². The van der Waals surface area contributed by atoms with E-state index in [-0.39, 0.29) is 6.04 Å². The largest absolute Gasteiger partial charge is 0.478 e. The minimum absolute atomic E-state index is 0.0712. The summed E-state index contributed by atoms with van der Waals surface area (Å²) < 4.78 is 5.32. The van der Waals surface area contributed by atoms with Crippen molar-refractivity contribution in [2.45, 2.75) is 19.9 Å². The molecule has 2 rings (SSSR count). The summed E-state index contributed by atoms with van der Waals surface area (Å²) in [4.78, 5) is 4.29. The van der Waals surface area contributed by atoms with Gasteiger partial charge in [0, 0.05) is 6.07 Å². The van der Waals surface area contributed by atoms with E-state index in [1.807, 2.05) is 32.0 Å². The summed E-state index contributed by atoms with van der Waals surface area (Å²) in [7, 11) is 0. The second-order valence-corrected chi connectivity index (χ2v) is 3.43. The van der Waals surface area contributed by atoms with Gasteiger partial charge in [-0.3, -0.25) is 0 Å². The van der Waals surface area contributed by atoms with Gasteiger partial charge >= 0.3 is 0 Å². The molecule has 0 aliphatic carbocycles. The molecule has 0 saturated heterocycles. The van der Waals surface area contributed by atoms with Crippen LogP contribution in [0.3, 0.4) is 0 Å². The molecule has 17 heavy (non-hydrogen) atoms. The Morgan fingerprint density at radius 1 is 1.47 bits per heavy atom. The zero-order valence-electron chi connectivity index (χ0n) is 9.71. The first-order chi connectivity index (χ1) is 8.29. The number of H-pyrrole nitrogens is 1. The van der Waals surface area contributed by atoms with Crippen molar-refractivity contribution in [3.05, 3.63) is 24.0 Å². The van der Waals surface area contributed by atoms with Gasteiger partial charge in [-0.2, -0.15) is 10.2 Å². The lowest BCUT2D eigenvalue weighted by atomic mass is 10.3. The number of anilines is 1. The normalized spacial score (nSPS) is 12.1. The maximum absolute atomic E-state index is 5.32. The van der Waals surface area contributed by atoms with Crippen LogP contribution in [0.15, 0.2) is 18.2 Å². The number of aromatic nitrogens is 5. The fourth-order valence-electron chi connectivity index (χ4n) is 1.36. The van der Waals surface area contributed by atoms with E-state index in [1.54, 1.807) is 0 Å². The van der Waals surface area contributed by atoms with Crippen LogP contribution in [-0.2, 0) is 0 Å². The van der Waals surface area contributed by atoms with Gasteiger partial charge in [-0.1, -0.05) is 11.3 Å². The molecule has 0 amide bonds. The van der Waals surface area contributed by atoms with Crippen LogP contribution >= 0.6 is 0 Å². The number of tetrazole rings is 1. The van der Waals surface area contributed by atoms with Crippen molar-refractivity contribution >= 4 is 5.82 Å². The van der Waals surface area contributed by atoms with Crippen LogP contribution in [0.2, 0.25) is 0 Å². The average molecular weight is 234 g/mol. The second-order valence-electron chi connectivity index (χ2n) is 3.43. The molecule has 1 unspecified atom stereocenters. The molecule has 2 aromatic heterocycles. The maximum Gasteiger partial charge on any atom is 0.215 e. The number of hydrogen-bond donors (Lipinski definition) is 2. The molecule has 2 heterocycles. The smallest absolute Gasteiger partial charge is 0.215 e. The summed E-state index contributed by atoms with van der Waals surface area (Å²) in [6, 6.07) is 5.48. The van der Waals surface area contributed by atoms with Crippen molar-refractivity contribution in [2.75, 3.05) is 11.9 Å². The summed E-state index contributed by atoms with van der Waals surface area (Å²) >= 11 is 0. The summed E-state index contributed by atoms with van der Waals surface area (Å²) in [5.41, 5.74) is 0. The standard InChI is InChI=1S/C10H14N6O/c1-3-17-9-6-4-5-8(12-9)11-7(2)10-13-15-16-14-10/h4-7H,3H2,1-2H3,(H,11,12)(H,13,14,15,16). The Hall–Kier alpha value is -2.18. The van der Waals surface area contributed by atoms with E-state index in [2.05, 4.69) is 30.9 Å². The van der Waals surface area contributed by atoms with Gasteiger partial charge in [0.15, 0.2) is 5.82 Å². The second kappa shape index (κ2) is 5.24. The first kappa shape index (κ1) is 11.3. The molecule has 7 nitrogen and oxygen atoms in total. The van der Waals surface area contributed by atoms with Crippen molar-refractivity contribution in [3.8, 4) is 5.88 Å². The summed E-state index contributed by atoms with van der Waals surface area (Å²) in [6.07, 6.45) is 0. The lowest BCUT2D eigenvalue weighted by Gasteiger charge is -2.11. The predicted molar refractivity (Wildman–Crippen MR) is 61.6 cm³/mol. The van der Waals surface area contributed by atoms with Gasteiger partial charge in [0.2, 0.25) is 5.88 Å². The zero-order valence-corrected chi connectivity index (χ0v) is 9.71. The third-order valence-electron chi connectivity index (χ3n) is 2.13. The predicted octanol–water partition coefficient (Wildman–Crippen LogP) is 1.17. The number of nitrogens with zero attached hydrogens (tertiary/aromatic N) is 4. The van der Waals surface area contributed by atoms with E-state index in [9.17, 15) is 0 Å². The van der Waals surface area contributed by atoms with Crippen molar-refractivity contribution < 1.29 is 4.74 Å². The van der Waals surface area contributed by atoms with Crippen LogP contribution < -0.4 is 10.1 Å². The van der Waals surface area contributed by atoms with Crippen molar-refractivity contribution in [3.63, 3.8) is 0 Å². The molecule has 90 valence electrons. The van der Waals surface area contributed by atoms with E-state index in [0.717, 1.165) is 0 Å². The first-order valence-corrected chi connectivity index (χ1v) is 5.39. The molecule has 0 radical (unpaired) electrons. The molecule has 2 N–H and O–H groups in total. The molecule has 0 saturated carbocycles. The topological polar surface area (TPSA) is 88.6 Å². The maximum atomic E-state index is 5.32. The molecular formula is C10H14N6O. The Bertz CT molecular complexity index is 458. The fraction of sp³-hybridized carbons (Fsp3) is 0.400. The van der Waals surface area contributed by atoms with Crippen LogP contribution in [0.25, 0.3) is 0 Å². The monoisotopic (exact) mass is 234 g/mol. The quantitative estimate of drug-likeness (QED) is 0.807. The molecule has 0 aromatic carbocycles. The number of hydrogen-bond acceptors (Lipinski definition) is 6. The molecule has 0 aliphatic rings. The SMILES string of the molecule is CCOc1cccc(NC(C)c2nn[nH]n2)n1. The van der Waals surface area contributed by atoms with Gasteiger partial charge in [0.05, 0.1) is 12.6 Å². The van der Waals surface area contributed by atoms with E-state index < -0.39 is 0 Å². The minimum Gasteiger partial charge on any atom is -0.478 e. The van der Waals surface area contributed by atoms with E-state index >= 15 is 0 Å². The molecule has 2 aromatic rings. The Labute approximate surface area is 98.6 Å². The highest BCUT2D eigenvalue weighted by atomic mass is 16.5. The van der Waals surface area contributed by atoms with Gasteiger partial charge in [0.1, 0.15) is 5.82 Å². The Kier molecular flexibility index (Phi) is 3.49. The van der Waals surface area contributed by atoms with Crippen LogP contribution in [0.5, 0.6) is 5.88 Å². The lowest BCUT2D eigenvalue weighted by Crippen LogP contribution is -2.10. The van der Waals surface area contributed by atoms with Gasteiger partial charge in [0.25, 0.3) is 0 Å². The Morgan fingerprint density at radius 2 is 2.35 bits per heavy atom. The van der Waals surface area contributed by atoms with Gasteiger partial charge in [-0.05, 0) is 19.9 Å². The number of ether oxygens (including phenoxy) is 1. The summed E-state index contributed by atoms with van der Waals surface area (Å²) in [5.74, 6) is 1.90. The first-order valence-electron chi connectivity index (χ1n) is 5.39. The van der Waals surface area contributed by atoms with E-state index in [0.29, 0.717) is 24.1 Å². The third-order valence-corrected chi connectivity index (χ3v) is 2.13. The average Bonchev–Trinajstić information content (AvgIpc) is 2.83. The molecule has 7 heteroatoms. The number of rotatable bonds is 5. The highest BCUT2D eigenvalue weighted by Crippen LogP contribution is 2.16. The van der Waals surface area contributed by atoms with Gasteiger partial charge in [-0.25, -0.2) is 0 Å². The van der Waals surface area contributed by atoms with Gasteiger partial charge in [-0.15, -0.1) is 10.2 Å². The highest BCUT2D eigenvalue weighted by molar-refractivity contribution is 5.38.